The van der Waals surface area contributed by atoms with Crippen molar-refractivity contribution in [3.8, 4) is 0 Å². The first-order chi connectivity index (χ1) is 9.30. The van der Waals surface area contributed by atoms with Gasteiger partial charge in [-0.25, -0.2) is 0 Å². The van der Waals surface area contributed by atoms with E-state index in [9.17, 15) is 0 Å². The summed E-state index contributed by atoms with van der Waals surface area (Å²) in [5.74, 6) is 0. The summed E-state index contributed by atoms with van der Waals surface area (Å²) in [5.41, 5.74) is 9.50. The fraction of sp³-hybridized carbons (Fsp3) is 0.294. The third kappa shape index (κ3) is 3.17. The molecule has 2 N–H and O–H groups in total. The molecule has 2 aromatic rings. The monoisotopic (exact) mass is 307 g/mol. The van der Waals surface area contributed by atoms with E-state index in [1.54, 1.807) is 0 Å². The lowest BCUT2D eigenvalue weighted by Gasteiger charge is -2.21. The van der Waals surface area contributed by atoms with Gasteiger partial charge in [-0.1, -0.05) is 74.3 Å². The van der Waals surface area contributed by atoms with Gasteiger partial charge in [0, 0.05) is 15.6 Å². The van der Waals surface area contributed by atoms with Crippen molar-refractivity contribution in [2.45, 2.75) is 32.2 Å². The second-order valence-corrected chi connectivity index (χ2v) is 6.80. The van der Waals surface area contributed by atoms with Gasteiger partial charge < -0.3 is 5.73 Å². The van der Waals surface area contributed by atoms with Gasteiger partial charge in [0.2, 0.25) is 0 Å². The lowest BCUT2D eigenvalue weighted by atomic mass is 9.86. The topological polar surface area (TPSA) is 26.0 Å². The van der Waals surface area contributed by atoms with Gasteiger partial charge >= 0.3 is 0 Å². The Morgan fingerprint density at radius 3 is 1.85 bits per heavy atom. The minimum Gasteiger partial charge on any atom is -0.320 e. The zero-order valence-corrected chi connectivity index (χ0v) is 13.5. The van der Waals surface area contributed by atoms with Gasteiger partial charge in [0.25, 0.3) is 0 Å². The van der Waals surface area contributed by atoms with Crippen LogP contribution in [-0.2, 0) is 5.41 Å². The Morgan fingerprint density at radius 1 is 0.900 bits per heavy atom. The molecule has 0 saturated heterocycles. The molecule has 3 heteroatoms. The van der Waals surface area contributed by atoms with Crippen LogP contribution in [0.15, 0.2) is 42.5 Å². The van der Waals surface area contributed by atoms with Crippen LogP contribution in [0, 0.1) is 0 Å². The molecule has 0 aliphatic rings. The number of nitrogens with two attached hydrogens (primary N) is 1. The molecule has 1 unspecified atom stereocenters. The zero-order chi connectivity index (χ0) is 14.9. The summed E-state index contributed by atoms with van der Waals surface area (Å²) >= 11 is 12.4. The van der Waals surface area contributed by atoms with Crippen LogP contribution in [0.5, 0.6) is 0 Å². The molecule has 2 rings (SSSR count). The van der Waals surface area contributed by atoms with Crippen molar-refractivity contribution in [1.82, 2.24) is 0 Å². The highest BCUT2D eigenvalue weighted by atomic mass is 35.5. The summed E-state index contributed by atoms with van der Waals surface area (Å²) in [4.78, 5) is 0. The molecule has 20 heavy (non-hydrogen) atoms. The molecule has 1 nitrogen and oxygen atoms in total. The summed E-state index contributed by atoms with van der Waals surface area (Å²) in [5, 5.41) is 1.20. The van der Waals surface area contributed by atoms with E-state index in [0.717, 1.165) is 11.1 Å². The number of hydrogen-bond donors (Lipinski definition) is 1. The van der Waals surface area contributed by atoms with E-state index in [1.807, 2.05) is 30.3 Å². The van der Waals surface area contributed by atoms with Crippen molar-refractivity contribution in [2.24, 2.45) is 5.73 Å². The molecule has 0 aliphatic carbocycles. The lowest BCUT2D eigenvalue weighted by molar-refractivity contribution is 0.589. The average molecular weight is 308 g/mol. The maximum Gasteiger partial charge on any atom is 0.0581 e. The molecule has 1 atom stereocenters. The second-order valence-electron chi connectivity index (χ2n) is 5.99. The van der Waals surface area contributed by atoms with Crippen LogP contribution >= 0.6 is 23.2 Å². The van der Waals surface area contributed by atoms with Crippen LogP contribution in [-0.4, -0.2) is 0 Å². The molecule has 0 aliphatic heterocycles. The standard InChI is InChI=1S/C17H19Cl2N/c1-17(2,3)12-9-7-11(8-10-12)16(20)15-13(18)5-4-6-14(15)19/h4-10,16H,20H2,1-3H3. The molecule has 0 heterocycles. The van der Waals surface area contributed by atoms with Crippen molar-refractivity contribution in [3.05, 3.63) is 69.2 Å². The average Bonchev–Trinajstić information content (AvgIpc) is 2.37. The summed E-state index contributed by atoms with van der Waals surface area (Å²) < 4.78 is 0. The van der Waals surface area contributed by atoms with E-state index in [-0.39, 0.29) is 11.5 Å². The molecule has 0 radical (unpaired) electrons. The van der Waals surface area contributed by atoms with Gasteiger partial charge in [-0.15, -0.1) is 0 Å². The first-order valence-corrected chi connectivity index (χ1v) is 7.36. The minimum atomic E-state index is -0.315. The van der Waals surface area contributed by atoms with Crippen LogP contribution in [0.25, 0.3) is 0 Å². The highest BCUT2D eigenvalue weighted by Crippen LogP contribution is 2.33. The Kier molecular flexibility index (Phi) is 4.43. The fourth-order valence-corrected chi connectivity index (χ4v) is 2.80. The third-order valence-electron chi connectivity index (χ3n) is 3.45. The number of hydrogen-bond acceptors (Lipinski definition) is 1. The normalized spacial score (nSPS) is 13.3. The van der Waals surface area contributed by atoms with Gasteiger partial charge in [0.15, 0.2) is 0 Å². The van der Waals surface area contributed by atoms with Gasteiger partial charge in [0.1, 0.15) is 0 Å². The summed E-state index contributed by atoms with van der Waals surface area (Å²) in [6.45, 7) is 6.56. The van der Waals surface area contributed by atoms with Crippen LogP contribution in [0.1, 0.15) is 43.5 Å². The maximum absolute atomic E-state index is 6.31. The van der Waals surface area contributed by atoms with Gasteiger partial charge in [-0.3, -0.25) is 0 Å². The molecule has 0 spiro atoms. The Balaban J connectivity index is 2.37. The summed E-state index contributed by atoms with van der Waals surface area (Å²) in [6, 6.07) is 13.4. The molecule has 0 amide bonds. The SMILES string of the molecule is CC(C)(C)c1ccc(C(N)c2c(Cl)cccc2Cl)cc1. The third-order valence-corrected chi connectivity index (χ3v) is 4.11. The summed E-state index contributed by atoms with van der Waals surface area (Å²) in [6.07, 6.45) is 0. The van der Waals surface area contributed by atoms with E-state index in [2.05, 4.69) is 32.9 Å². The van der Waals surface area contributed by atoms with Crippen LogP contribution in [0.3, 0.4) is 0 Å². The van der Waals surface area contributed by atoms with Gasteiger partial charge in [0.05, 0.1) is 6.04 Å². The molecule has 0 bridgehead atoms. The Hall–Kier alpha value is -1.02. The summed E-state index contributed by atoms with van der Waals surface area (Å²) in [7, 11) is 0. The number of halogens is 2. The molecular weight excluding hydrogens is 289 g/mol. The Labute approximate surface area is 130 Å². The molecule has 0 fully saturated rings. The van der Waals surface area contributed by atoms with Crippen LogP contribution < -0.4 is 5.73 Å². The van der Waals surface area contributed by atoms with E-state index in [1.165, 1.54) is 5.56 Å². The maximum atomic E-state index is 6.31. The van der Waals surface area contributed by atoms with E-state index >= 15 is 0 Å². The van der Waals surface area contributed by atoms with E-state index in [0.29, 0.717) is 10.0 Å². The molecule has 2 aromatic carbocycles. The van der Waals surface area contributed by atoms with Crippen molar-refractivity contribution < 1.29 is 0 Å². The second kappa shape index (κ2) is 5.77. The highest BCUT2D eigenvalue weighted by molar-refractivity contribution is 6.36. The molecule has 0 saturated carbocycles. The van der Waals surface area contributed by atoms with Crippen molar-refractivity contribution in [2.75, 3.05) is 0 Å². The Bertz CT molecular complexity index is 577. The highest BCUT2D eigenvalue weighted by Gasteiger charge is 2.18. The fourth-order valence-electron chi connectivity index (χ4n) is 2.16. The van der Waals surface area contributed by atoms with Crippen molar-refractivity contribution in [3.63, 3.8) is 0 Å². The quantitative estimate of drug-likeness (QED) is 0.796. The Morgan fingerprint density at radius 2 is 1.40 bits per heavy atom. The van der Waals surface area contributed by atoms with Crippen LogP contribution in [0.4, 0.5) is 0 Å². The first kappa shape index (κ1) is 15.4. The first-order valence-electron chi connectivity index (χ1n) is 6.60. The molecule has 0 aromatic heterocycles. The smallest absolute Gasteiger partial charge is 0.0581 e. The zero-order valence-electron chi connectivity index (χ0n) is 12.0. The van der Waals surface area contributed by atoms with Gasteiger partial charge in [-0.05, 0) is 28.7 Å². The van der Waals surface area contributed by atoms with Crippen LogP contribution in [0.2, 0.25) is 10.0 Å². The predicted octanol–water partition coefficient (Wildman–Crippen LogP) is 5.34. The lowest BCUT2D eigenvalue weighted by Crippen LogP contribution is -2.15. The molecule has 106 valence electrons. The van der Waals surface area contributed by atoms with Crippen molar-refractivity contribution in [1.29, 1.82) is 0 Å². The minimum absolute atomic E-state index is 0.130. The number of benzene rings is 2. The number of rotatable bonds is 2. The van der Waals surface area contributed by atoms with E-state index in [4.69, 9.17) is 28.9 Å². The van der Waals surface area contributed by atoms with Gasteiger partial charge in [-0.2, -0.15) is 0 Å². The largest absolute Gasteiger partial charge is 0.320 e. The van der Waals surface area contributed by atoms with E-state index < -0.39 is 0 Å². The predicted molar refractivity (Wildman–Crippen MR) is 87.6 cm³/mol. The molecular formula is C17H19Cl2N. The van der Waals surface area contributed by atoms with Crippen molar-refractivity contribution >= 4 is 23.2 Å².